The molecule has 1 aliphatic carbocycles. The highest BCUT2D eigenvalue weighted by Crippen LogP contribution is 2.29. The molecular formula is C20H26N6O4. The molecule has 0 amide bonds. The number of benzene rings is 1. The van der Waals surface area contributed by atoms with E-state index in [0.29, 0.717) is 36.2 Å². The first-order valence-corrected chi connectivity index (χ1v) is 9.91. The minimum atomic E-state index is -0.497. The van der Waals surface area contributed by atoms with Crippen molar-refractivity contribution in [3.8, 4) is 0 Å². The summed E-state index contributed by atoms with van der Waals surface area (Å²) < 4.78 is 4.67. The third kappa shape index (κ3) is 5.41. The van der Waals surface area contributed by atoms with Crippen molar-refractivity contribution >= 4 is 29.1 Å². The number of ether oxygens (including phenoxy) is 1. The highest BCUT2D eigenvalue weighted by atomic mass is 16.6. The van der Waals surface area contributed by atoms with Crippen molar-refractivity contribution in [1.29, 1.82) is 0 Å². The van der Waals surface area contributed by atoms with E-state index in [1.54, 1.807) is 24.3 Å². The SMILES string of the molecule is COC(=O)c1ccc(Nc2ncc([N+](=O)[O-])c(NCC3CCC(CN)CC3)n2)cc1. The van der Waals surface area contributed by atoms with E-state index in [4.69, 9.17) is 5.73 Å². The lowest BCUT2D eigenvalue weighted by Crippen LogP contribution is -2.25. The Kier molecular flexibility index (Phi) is 7.12. The molecule has 0 radical (unpaired) electrons. The second-order valence-electron chi connectivity index (χ2n) is 7.38. The van der Waals surface area contributed by atoms with E-state index in [9.17, 15) is 14.9 Å². The number of carbonyl (C=O) groups excluding carboxylic acids is 1. The summed E-state index contributed by atoms with van der Waals surface area (Å²) >= 11 is 0. The summed E-state index contributed by atoms with van der Waals surface area (Å²) in [5.74, 6) is 0.992. The van der Waals surface area contributed by atoms with Crippen LogP contribution < -0.4 is 16.4 Å². The van der Waals surface area contributed by atoms with Gasteiger partial charge in [-0.25, -0.2) is 9.78 Å². The number of nitro groups is 1. The van der Waals surface area contributed by atoms with Crippen molar-refractivity contribution in [2.45, 2.75) is 25.7 Å². The van der Waals surface area contributed by atoms with Crippen molar-refractivity contribution in [3.63, 3.8) is 0 Å². The number of anilines is 3. The second-order valence-corrected chi connectivity index (χ2v) is 7.38. The van der Waals surface area contributed by atoms with Gasteiger partial charge in [0.15, 0.2) is 0 Å². The number of rotatable bonds is 8. The third-order valence-corrected chi connectivity index (χ3v) is 5.39. The Bertz CT molecular complexity index is 881. The van der Waals surface area contributed by atoms with Crippen molar-refractivity contribution in [3.05, 3.63) is 46.1 Å². The van der Waals surface area contributed by atoms with Crippen LogP contribution >= 0.6 is 0 Å². The molecule has 160 valence electrons. The molecule has 30 heavy (non-hydrogen) atoms. The number of hydrogen-bond acceptors (Lipinski definition) is 9. The molecule has 1 aromatic heterocycles. The standard InChI is InChI=1S/C20H26N6O4/c1-30-19(27)15-6-8-16(9-7-15)24-20-23-12-17(26(28)29)18(25-20)22-11-14-4-2-13(10-21)3-5-14/h6-9,12-14H,2-5,10-11,21H2,1H3,(H2,22,23,24,25). The molecule has 10 heteroatoms. The van der Waals surface area contributed by atoms with Gasteiger partial charge in [-0.1, -0.05) is 0 Å². The molecule has 0 bridgehead atoms. The second kappa shape index (κ2) is 9.97. The van der Waals surface area contributed by atoms with Crippen LogP contribution in [0.2, 0.25) is 0 Å². The van der Waals surface area contributed by atoms with Crippen LogP contribution in [-0.2, 0) is 4.74 Å². The summed E-state index contributed by atoms with van der Waals surface area (Å²) in [5.41, 5.74) is 6.63. The molecule has 1 heterocycles. The number of nitrogens with zero attached hydrogens (tertiary/aromatic N) is 3. The topological polar surface area (TPSA) is 145 Å². The molecule has 10 nitrogen and oxygen atoms in total. The van der Waals surface area contributed by atoms with E-state index < -0.39 is 10.9 Å². The highest BCUT2D eigenvalue weighted by molar-refractivity contribution is 5.89. The fraction of sp³-hybridized carbons (Fsp3) is 0.450. The highest BCUT2D eigenvalue weighted by Gasteiger charge is 2.22. The normalized spacial score (nSPS) is 18.5. The van der Waals surface area contributed by atoms with Gasteiger partial charge in [0.2, 0.25) is 11.8 Å². The molecule has 0 saturated heterocycles. The van der Waals surface area contributed by atoms with Gasteiger partial charge in [0, 0.05) is 12.2 Å². The molecule has 1 fully saturated rings. The average molecular weight is 414 g/mol. The van der Waals surface area contributed by atoms with E-state index in [2.05, 4.69) is 25.3 Å². The minimum Gasteiger partial charge on any atom is -0.465 e. The van der Waals surface area contributed by atoms with Crippen molar-refractivity contribution < 1.29 is 14.5 Å². The molecule has 2 aromatic rings. The molecule has 1 saturated carbocycles. The van der Waals surface area contributed by atoms with Crippen LogP contribution in [-0.4, -0.2) is 41.1 Å². The smallest absolute Gasteiger partial charge is 0.337 e. The lowest BCUT2D eigenvalue weighted by molar-refractivity contribution is -0.384. The number of aromatic nitrogens is 2. The van der Waals surface area contributed by atoms with Gasteiger partial charge in [0.25, 0.3) is 0 Å². The van der Waals surface area contributed by atoms with Gasteiger partial charge >= 0.3 is 11.7 Å². The fourth-order valence-corrected chi connectivity index (χ4v) is 3.55. The van der Waals surface area contributed by atoms with Crippen LogP contribution in [0.4, 0.5) is 23.1 Å². The van der Waals surface area contributed by atoms with Crippen LogP contribution in [0, 0.1) is 22.0 Å². The number of hydrogen-bond donors (Lipinski definition) is 3. The Morgan fingerprint density at radius 1 is 1.23 bits per heavy atom. The Balaban J connectivity index is 1.68. The summed E-state index contributed by atoms with van der Waals surface area (Å²) in [6, 6.07) is 6.58. The average Bonchev–Trinajstić information content (AvgIpc) is 2.78. The molecule has 0 atom stereocenters. The molecule has 1 aromatic carbocycles. The van der Waals surface area contributed by atoms with E-state index in [-0.39, 0.29) is 17.5 Å². The fourth-order valence-electron chi connectivity index (χ4n) is 3.55. The first kappa shape index (κ1) is 21.4. The zero-order chi connectivity index (χ0) is 21.5. The first-order valence-electron chi connectivity index (χ1n) is 9.91. The van der Waals surface area contributed by atoms with E-state index in [1.807, 2.05) is 0 Å². The predicted molar refractivity (Wildman–Crippen MR) is 113 cm³/mol. The summed E-state index contributed by atoms with van der Waals surface area (Å²) in [6.45, 7) is 1.33. The number of esters is 1. The molecule has 4 N–H and O–H groups in total. The third-order valence-electron chi connectivity index (χ3n) is 5.39. The van der Waals surface area contributed by atoms with E-state index >= 15 is 0 Å². The summed E-state index contributed by atoms with van der Waals surface area (Å²) in [6.07, 6.45) is 5.45. The summed E-state index contributed by atoms with van der Waals surface area (Å²) in [7, 11) is 1.32. The van der Waals surface area contributed by atoms with Crippen LogP contribution in [0.5, 0.6) is 0 Å². The lowest BCUT2D eigenvalue weighted by atomic mass is 9.82. The molecular weight excluding hydrogens is 388 g/mol. The van der Waals surface area contributed by atoms with Gasteiger partial charge in [0.05, 0.1) is 17.6 Å². The van der Waals surface area contributed by atoms with Gasteiger partial charge in [-0.3, -0.25) is 10.1 Å². The maximum absolute atomic E-state index is 11.5. The van der Waals surface area contributed by atoms with E-state index in [0.717, 1.165) is 25.7 Å². The van der Waals surface area contributed by atoms with Crippen LogP contribution in [0.25, 0.3) is 0 Å². The molecule has 0 spiro atoms. The largest absolute Gasteiger partial charge is 0.465 e. The van der Waals surface area contributed by atoms with Gasteiger partial charge in [-0.2, -0.15) is 4.98 Å². The first-order chi connectivity index (χ1) is 14.5. The predicted octanol–water partition coefficient (Wildman–Crippen LogP) is 3.09. The number of nitrogens with one attached hydrogen (secondary N) is 2. The Hall–Kier alpha value is -3.27. The minimum absolute atomic E-state index is 0.169. The number of nitrogens with two attached hydrogens (primary N) is 1. The quantitative estimate of drug-likeness (QED) is 0.337. The molecule has 3 rings (SSSR count). The Morgan fingerprint density at radius 2 is 1.90 bits per heavy atom. The summed E-state index contributed by atoms with van der Waals surface area (Å²) in [4.78, 5) is 30.7. The van der Waals surface area contributed by atoms with Gasteiger partial charge in [-0.15, -0.1) is 0 Å². The maximum Gasteiger partial charge on any atom is 0.337 e. The Morgan fingerprint density at radius 3 is 2.50 bits per heavy atom. The lowest BCUT2D eigenvalue weighted by Gasteiger charge is -2.27. The molecule has 1 aliphatic rings. The van der Waals surface area contributed by atoms with Crippen LogP contribution in [0.3, 0.4) is 0 Å². The molecule has 0 aliphatic heterocycles. The Labute approximate surface area is 174 Å². The number of methoxy groups -OCH3 is 1. The van der Waals surface area contributed by atoms with Gasteiger partial charge in [-0.05, 0) is 68.3 Å². The monoisotopic (exact) mass is 414 g/mol. The van der Waals surface area contributed by atoms with Gasteiger partial charge < -0.3 is 21.1 Å². The maximum atomic E-state index is 11.5. The van der Waals surface area contributed by atoms with Gasteiger partial charge in [0.1, 0.15) is 6.20 Å². The van der Waals surface area contributed by atoms with E-state index in [1.165, 1.54) is 13.3 Å². The number of carbonyl (C=O) groups is 1. The van der Waals surface area contributed by atoms with Crippen molar-refractivity contribution in [2.75, 3.05) is 30.8 Å². The van der Waals surface area contributed by atoms with Crippen molar-refractivity contribution in [1.82, 2.24) is 9.97 Å². The molecule has 0 unspecified atom stereocenters. The van der Waals surface area contributed by atoms with Crippen LogP contribution in [0.15, 0.2) is 30.5 Å². The van der Waals surface area contributed by atoms with Crippen molar-refractivity contribution in [2.24, 2.45) is 17.6 Å². The summed E-state index contributed by atoms with van der Waals surface area (Å²) in [5, 5.41) is 17.5. The zero-order valence-electron chi connectivity index (χ0n) is 16.8. The zero-order valence-corrected chi connectivity index (χ0v) is 16.8. The van der Waals surface area contributed by atoms with Crippen LogP contribution in [0.1, 0.15) is 36.0 Å².